The summed E-state index contributed by atoms with van der Waals surface area (Å²) < 4.78 is 0. The summed E-state index contributed by atoms with van der Waals surface area (Å²) in [7, 11) is 0. The standard InChI is InChI=1S/C14H22N2O2/c1-14(2,15)9-13(18)16-12(10-17)8-11-6-4-3-5-7-11/h3-7,12,17H,8-10,15H2,1-2H3,(H,16,18)/t12-/m1/s1. The summed E-state index contributed by atoms with van der Waals surface area (Å²) in [5.41, 5.74) is 6.34. The van der Waals surface area contributed by atoms with Crippen LogP contribution in [0.25, 0.3) is 0 Å². The van der Waals surface area contributed by atoms with Crippen molar-refractivity contribution in [1.29, 1.82) is 0 Å². The van der Waals surface area contributed by atoms with Crippen molar-refractivity contribution in [2.45, 2.75) is 38.3 Å². The van der Waals surface area contributed by atoms with Gasteiger partial charge in [-0.3, -0.25) is 4.79 Å². The van der Waals surface area contributed by atoms with E-state index in [1.54, 1.807) is 13.8 Å². The molecule has 0 aliphatic heterocycles. The number of aliphatic hydroxyl groups is 1. The fraction of sp³-hybridized carbons (Fsp3) is 0.500. The van der Waals surface area contributed by atoms with E-state index >= 15 is 0 Å². The molecule has 0 unspecified atom stereocenters. The number of rotatable bonds is 6. The number of carbonyl (C=O) groups excluding carboxylic acids is 1. The molecular weight excluding hydrogens is 228 g/mol. The van der Waals surface area contributed by atoms with Crippen molar-refractivity contribution in [3.8, 4) is 0 Å². The van der Waals surface area contributed by atoms with Crippen LogP contribution in [0.15, 0.2) is 30.3 Å². The van der Waals surface area contributed by atoms with Crippen LogP contribution < -0.4 is 11.1 Å². The second-order valence-electron chi connectivity index (χ2n) is 5.30. The molecule has 0 heterocycles. The Kier molecular flexibility index (Phi) is 5.31. The maximum Gasteiger partial charge on any atom is 0.222 e. The smallest absolute Gasteiger partial charge is 0.222 e. The van der Waals surface area contributed by atoms with Crippen molar-refractivity contribution in [3.63, 3.8) is 0 Å². The third kappa shape index (κ3) is 5.80. The zero-order valence-corrected chi connectivity index (χ0v) is 11.0. The summed E-state index contributed by atoms with van der Waals surface area (Å²) in [4.78, 5) is 11.7. The van der Waals surface area contributed by atoms with Crippen molar-refractivity contribution in [1.82, 2.24) is 5.32 Å². The Morgan fingerprint density at radius 2 is 2.00 bits per heavy atom. The molecule has 1 rings (SSSR count). The first-order valence-electron chi connectivity index (χ1n) is 6.14. The minimum Gasteiger partial charge on any atom is -0.394 e. The zero-order chi connectivity index (χ0) is 13.6. The van der Waals surface area contributed by atoms with Gasteiger partial charge in [0.25, 0.3) is 0 Å². The molecule has 4 nitrogen and oxygen atoms in total. The molecule has 0 bridgehead atoms. The molecule has 0 saturated heterocycles. The van der Waals surface area contributed by atoms with E-state index in [-0.39, 0.29) is 25.0 Å². The second kappa shape index (κ2) is 6.52. The van der Waals surface area contributed by atoms with E-state index in [1.807, 2.05) is 30.3 Å². The molecule has 0 radical (unpaired) electrons. The summed E-state index contributed by atoms with van der Waals surface area (Å²) in [5, 5.41) is 12.1. The van der Waals surface area contributed by atoms with Crippen molar-refractivity contribution in [2.75, 3.05) is 6.61 Å². The van der Waals surface area contributed by atoms with Crippen LogP contribution in [0.4, 0.5) is 0 Å². The van der Waals surface area contributed by atoms with Gasteiger partial charge in [0.2, 0.25) is 5.91 Å². The monoisotopic (exact) mass is 250 g/mol. The topological polar surface area (TPSA) is 75.4 Å². The van der Waals surface area contributed by atoms with Crippen LogP contribution in [0.1, 0.15) is 25.8 Å². The lowest BCUT2D eigenvalue weighted by molar-refractivity contribution is -0.123. The Balaban J connectivity index is 2.50. The molecule has 0 spiro atoms. The molecule has 100 valence electrons. The first-order chi connectivity index (χ1) is 8.40. The van der Waals surface area contributed by atoms with Gasteiger partial charge in [0.15, 0.2) is 0 Å². The summed E-state index contributed by atoms with van der Waals surface area (Å²) in [6.07, 6.45) is 0.867. The summed E-state index contributed by atoms with van der Waals surface area (Å²) in [6, 6.07) is 9.50. The molecule has 0 fully saturated rings. The number of carbonyl (C=O) groups is 1. The fourth-order valence-electron chi connectivity index (χ4n) is 1.75. The lowest BCUT2D eigenvalue weighted by Crippen LogP contribution is -2.44. The van der Waals surface area contributed by atoms with Crippen LogP contribution in [-0.4, -0.2) is 29.2 Å². The van der Waals surface area contributed by atoms with E-state index in [0.717, 1.165) is 5.56 Å². The maximum absolute atomic E-state index is 11.7. The molecular formula is C14H22N2O2. The van der Waals surface area contributed by atoms with Crippen LogP contribution in [0.5, 0.6) is 0 Å². The van der Waals surface area contributed by atoms with Gasteiger partial charge in [-0.05, 0) is 25.8 Å². The van der Waals surface area contributed by atoms with Gasteiger partial charge in [0, 0.05) is 12.0 Å². The Morgan fingerprint density at radius 3 is 2.50 bits per heavy atom. The van der Waals surface area contributed by atoms with Crippen LogP contribution >= 0.6 is 0 Å². The van der Waals surface area contributed by atoms with Gasteiger partial charge in [-0.1, -0.05) is 30.3 Å². The minimum atomic E-state index is -0.531. The van der Waals surface area contributed by atoms with Gasteiger partial charge < -0.3 is 16.2 Å². The molecule has 1 aromatic rings. The molecule has 1 amide bonds. The van der Waals surface area contributed by atoms with E-state index < -0.39 is 5.54 Å². The van der Waals surface area contributed by atoms with E-state index in [2.05, 4.69) is 5.32 Å². The van der Waals surface area contributed by atoms with E-state index in [4.69, 9.17) is 5.73 Å². The summed E-state index contributed by atoms with van der Waals surface area (Å²) in [5.74, 6) is -0.127. The lowest BCUT2D eigenvalue weighted by Gasteiger charge is -2.21. The van der Waals surface area contributed by atoms with Gasteiger partial charge in [-0.2, -0.15) is 0 Å². The molecule has 18 heavy (non-hydrogen) atoms. The van der Waals surface area contributed by atoms with Crippen molar-refractivity contribution in [3.05, 3.63) is 35.9 Å². The molecule has 4 N–H and O–H groups in total. The molecule has 0 saturated carbocycles. The van der Waals surface area contributed by atoms with Gasteiger partial charge in [-0.25, -0.2) is 0 Å². The van der Waals surface area contributed by atoms with Crippen LogP contribution in [-0.2, 0) is 11.2 Å². The Labute approximate surface area is 108 Å². The molecule has 4 heteroatoms. The number of hydrogen-bond donors (Lipinski definition) is 3. The predicted octanol–water partition coefficient (Wildman–Crippen LogP) is 0.834. The average molecular weight is 250 g/mol. The van der Waals surface area contributed by atoms with Crippen LogP contribution in [0.2, 0.25) is 0 Å². The minimum absolute atomic E-state index is 0.0777. The highest BCUT2D eigenvalue weighted by molar-refractivity contribution is 5.77. The number of hydrogen-bond acceptors (Lipinski definition) is 3. The van der Waals surface area contributed by atoms with E-state index in [9.17, 15) is 9.90 Å². The maximum atomic E-state index is 11.7. The first kappa shape index (κ1) is 14.7. The summed E-state index contributed by atoms with van der Waals surface area (Å²) in [6.45, 7) is 3.53. The lowest BCUT2D eigenvalue weighted by atomic mass is 10.0. The van der Waals surface area contributed by atoms with Crippen molar-refractivity contribution < 1.29 is 9.90 Å². The highest BCUT2D eigenvalue weighted by Gasteiger charge is 2.19. The normalized spacial score (nSPS) is 13.1. The number of nitrogens with one attached hydrogen (secondary N) is 1. The zero-order valence-electron chi connectivity index (χ0n) is 11.0. The Morgan fingerprint density at radius 1 is 1.39 bits per heavy atom. The summed E-state index contributed by atoms with van der Waals surface area (Å²) >= 11 is 0. The van der Waals surface area contributed by atoms with Gasteiger partial charge in [0.1, 0.15) is 0 Å². The first-order valence-corrected chi connectivity index (χ1v) is 6.14. The fourth-order valence-corrected chi connectivity index (χ4v) is 1.75. The molecule has 0 aliphatic carbocycles. The van der Waals surface area contributed by atoms with Gasteiger partial charge in [0.05, 0.1) is 12.6 Å². The van der Waals surface area contributed by atoms with E-state index in [1.165, 1.54) is 0 Å². The highest BCUT2D eigenvalue weighted by Crippen LogP contribution is 2.06. The largest absolute Gasteiger partial charge is 0.394 e. The quantitative estimate of drug-likeness (QED) is 0.700. The molecule has 1 aromatic carbocycles. The molecule has 0 aliphatic rings. The van der Waals surface area contributed by atoms with Crippen molar-refractivity contribution >= 4 is 5.91 Å². The average Bonchev–Trinajstić information content (AvgIpc) is 2.27. The number of amides is 1. The van der Waals surface area contributed by atoms with Crippen LogP contribution in [0, 0.1) is 0 Å². The third-order valence-corrected chi connectivity index (χ3v) is 2.53. The van der Waals surface area contributed by atoms with Crippen molar-refractivity contribution in [2.24, 2.45) is 5.73 Å². The highest BCUT2D eigenvalue weighted by atomic mass is 16.3. The third-order valence-electron chi connectivity index (χ3n) is 2.53. The van der Waals surface area contributed by atoms with Gasteiger partial charge in [-0.15, -0.1) is 0 Å². The number of aliphatic hydroxyl groups excluding tert-OH is 1. The predicted molar refractivity (Wildman–Crippen MR) is 72.0 cm³/mol. The molecule has 0 aromatic heterocycles. The molecule has 1 atom stereocenters. The number of nitrogens with two attached hydrogens (primary N) is 1. The number of benzene rings is 1. The Bertz CT molecular complexity index is 371. The Hall–Kier alpha value is -1.39. The van der Waals surface area contributed by atoms with Gasteiger partial charge >= 0.3 is 0 Å². The SMILES string of the molecule is CC(C)(N)CC(=O)N[C@@H](CO)Cc1ccccc1. The van der Waals surface area contributed by atoms with E-state index in [0.29, 0.717) is 6.42 Å². The van der Waals surface area contributed by atoms with Crippen LogP contribution in [0.3, 0.4) is 0 Å². The second-order valence-corrected chi connectivity index (χ2v) is 5.30.